The number of anilines is 1. The maximum Gasteiger partial charge on any atom is 0.136 e. The maximum atomic E-state index is 9.58. The Morgan fingerprint density at radius 1 is 1.15 bits per heavy atom. The maximum absolute atomic E-state index is 9.58. The molecule has 0 amide bonds. The summed E-state index contributed by atoms with van der Waals surface area (Å²) in [5, 5.41) is 15.5. The summed E-state index contributed by atoms with van der Waals surface area (Å²) in [5.41, 5.74) is 6.91. The highest BCUT2D eigenvalue weighted by Crippen LogP contribution is 2.28. The van der Waals surface area contributed by atoms with Crippen LogP contribution < -0.4 is 10.1 Å². The normalized spacial score (nSPS) is 11.1. The van der Waals surface area contributed by atoms with Crippen LogP contribution in [-0.2, 0) is 0 Å². The minimum Gasteiger partial charge on any atom is -0.497 e. The van der Waals surface area contributed by atoms with Crippen molar-refractivity contribution in [1.29, 1.82) is 5.26 Å². The summed E-state index contributed by atoms with van der Waals surface area (Å²) >= 11 is 1.46. The Morgan fingerprint density at radius 3 is 2.41 bits per heavy atom. The average Bonchev–Trinajstić information content (AvgIpc) is 3.14. The molecule has 0 spiro atoms. The van der Waals surface area contributed by atoms with Crippen molar-refractivity contribution in [1.82, 2.24) is 4.98 Å². The summed E-state index contributed by atoms with van der Waals surface area (Å²) in [7, 11) is 1.64. The van der Waals surface area contributed by atoms with Gasteiger partial charge in [-0.05, 0) is 56.2 Å². The number of methoxy groups -OCH3 is 1. The number of nitrogens with one attached hydrogen (secondary N) is 1. The number of nitriles is 1. The molecule has 1 aromatic heterocycles. The Hall–Kier alpha value is -3.10. The van der Waals surface area contributed by atoms with Crippen molar-refractivity contribution < 1.29 is 4.74 Å². The number of rotatable bonds is 5. The molecule has 27 heavy (non-hydrogen) atoms. The summed E-state index contributed by atoms with van der Waals surface area (Å²) in [6.07, 6.45) is 1.74. The SMILES string of the molecule is COc1ccc(-c2csc(/C(C#N)=C/Nc3c(C)cc(C)cc3C)n2)cc1. The van der Waals surface area contributed by atoms with Crippen LogP contribution in [0.5, 0.6) is 5.75 Å². The number of aryl methyl sites for hydroxylation is 3. The van der Waals surface area contributed by atoms with E-state index in [1.54, 1.807) is 13.3 Å². The second-order valence-corrected chi connectivity index (χ2v) is 7.21. The van der Waals surface area contributed by atoms with E-state index in [2.05, 4.69) is 49.3 Å². The van der Waals surface area contributed by atoms with Crippen molar-refractivity contribution in [3.05, 3.63) is 69.7 Å². The molecule has 0 radical (unpaired) electrons. The fraction of sp³-hybridized carbons (Fsp3) is 0.182. The molecule has 3 aromatic rings. The first-order chi connectivity index (χ1) is 13.0. The molecule has 0 aliphatic rings. The van der Waals surface area contributed by atoms with E-state index in [1.807, 2.05) is 29.6 Å². The molecule has 136 valence electrons. The first-order valence-electron chi connectivity index (χ1n) is 8.57. The first-order valence-corrected chi connectivity index (χ1v) is 9.44. The van der Waals surface area contributed by atoms with Crippen LogP contribution in [0.1, 0.15) is 21.7 Å². The van der Waals surface area contributed by atoms with Crippen LogP contribution in [0.4, 0.5) is 5.69 Å². The minimum atomic E-state index is 0.513. The Bertz CT molecular complexity index is 1000. The van der Waals surface area contributed by atoms with Crippen molar-refractivity contribution >= 4 is 22.6 Å². The molecule has 3 rings (SSSR count). The molecule has 0 saturated carbocycles. The molecule has 0 unspecified atom stereocenters. The Labute approximate surface area is 163 Å². The van der Waals surface area contributed by atoms with E-state index >= 15 is 0 Å². The Kier molecular flexibility index (Phi) is 5.58. The van der Waals surface area contributed by atoms with Gasteiger partial charge in [0.05, 0.1) is 12.8 Å². The van der Waals surface area contributed by atoms with Gasteiger partial charge in [0, 0.05) is 22.8 Å². The molecule has 0 aliphatic heterocycles. The Morgan fingerprint density at radius 2 is 1.81 bits per heavy atom. The quantitative estimate of drug-likeness (QED) is 0.579. The third kappa shape index (κ3) is 4.18. The zero-order valence-electron chi connectivity index (χ0n) is 15.8. The van der Waals surface area contributed by atoms with E-state index in [9.17, 15) is 5.26 Å². The van der Waals surface area contributed by atoms with Gasteiger partial charge in [0.25, 0.3) is 0 Å². The topological polar surface area (TPSA) is 57.9 Å². The smallest absolute Gasteiger partial charge is 0.136 e. The van der Waals surface area contributed by atoms with Crippen LogP contribution in [0.3, 0.4) is 0 Å². The molecule has 0 fully saturated rings. The van der Waals surface area contributed by atoms with Crippen molar-refractivity contribution in [3.63, 3.8) is 0 Å². The highest BCUT2D eigenvalue weighted by atomic mass is 32.1. The number of nitrogens with zero attached hydrogens (tertiary/aromatic N) is 2. The molecule has 4 nitrogen and oxygen atoms in total. The predicted octanol–water partition coefficient (Wildman–Crippen LogP) is 5.72. The zero-order valence-corrected chi connectivity index (χ0v) is 16.6. The van der Waals surface area contributed by atoms with E-state index in [0.717, 1.165) is 33.8 Å². The van der Waals surface area contributed by atoms with Gasteiger partial charge in [-0.25, -0.2) is 4.98 Å². The number of allylic oxidation sites excluding steroid dienone is 1. The predicted molar refractivity (Wildman–Crippen MR) is 112 cm³/mol. The van der Waals surface area contributed by atoms with Crippen molar-refractivity contribution in [2.75, 3.05) is 12.4 Å². The highest BCUT2D eigenvalue weighted by Gasteiger charge is 2.10. The number of hydrogen-bond donors (Lipinski definition) is 1. The number of benzene rings is 2. The minimum absolute atomic E-state index is 0.513. The molecule has 0 bridgehead atoms. The van der Waals surface area contributed by atoms with Crippen molar-refractivity contribution in [2.45, 2.75) is 20.8 Å². The summed E-state index contributed by atoms with van der Waals surface area (Å²) in [4.78, 5) is 4.63. The van der Waals surface area contributed by atoms with Crippen LogP contribution in [0.15, 0.2) is 48.0 Å². The van der Waals surface area contributed by atoms with E-state index in [1.165, 1.54) is 16.9 Å². The highest BCUT2D eigenvalue weighted by molar-refractivity contribution is 7.11. The van der Waals surface area contributed by atoms with Gasteiger partial charge in [0.15, 0.2) is 0 Å². The van der Waals surface area contributed by atoms with Gasteiger partial charge in [-0.1, -0.05) is 17.7 Å². The van der Waals surface area contributed by atoms with Crippen LogP contribution in [0, 0.1) is 32.1 Å². The molecule has 2 aromatic carbocycles. The first kappa shape index (κ1) is 18.7. The molecule has 5 heteroatoms. The van der Waals surface area contributed by atoms with E-state index in [0.29, 0.717) is 10.6 Å². The van der Waals surface area contributed by atoms with E-state index < -0.39 is 0 Å². The average molecular weight is 375 g/mol. The van der Waals surface area contributed by atoms with E-state index in [-0.39, 0.29) is 0 Å². The Balaban J connectivity index is 1.85. The third-order valence-electron chi connectivity index (χ3n) is 4.28. The van der Waals surface area contributed by atoms with E-state index in [4.69, 9.17) is 4.74 Å². The fourth-order valence-electron chi connectivity index (χ4n) is 2.99. The van der Waals surface area contributed by atoms with Gasteiger partial charge < -0.3 is 10.1 Å². The molecule has 0 atom stereocenters. The van der Waals surface area contributed by atoms with Gasteiger partial charge in [-0.15, -0.1) is 11.3 Å². The summed E-state index contributed by atoms with van der Waals surface area (Å²) in [6.45, 7) is 6.21. The van der Waals surface area contributed by atoms with Gasteiger partial charge in [0.1, 0.15) is 22.4 Å². The van der Waals surface area contributed by atoms with Gasteiger partial charge in [-0.3, -0.25) is 0 Å². The summed E-state index contributed by atoms with van der Waals surface area (Å²) < 4.78 is 5.19. The van der Waals surface area contributed by atoms with Gasteiger partial charge in [0.2, 0.25) is 0 Å². The van der Waals surface area contributed by atoms with Crippen molar-refractivity contribution in [3.8, 4) is 23.1 Å². The van der Waals surface area contributed by atoms with Crippen LogP contribution in [-0.4, -0.2) is 12.1 Å². The summed E-state index contributed by atoms with van der Waals surface area (Å²) in [6, 6.07) is 14.2. The lowest BCUT2D eigenvalue weighted by molar-refractivity contribution is 0.415. The van der Waals surface area contributed by atoms with Crippen LogP contribution in [0.25, 0.3) is 16.8 Å². The standard InChI is InChI=1S/C22H21N3OS/c1-14-9-15(2)21(16(3)10-14)24-12-18(11-23)22-25-20(13-27-22)17-5-7-19(26-4)8-6-17/h5-10,12-13,24H,1-4H3/b18-12+. The second kappa shape index (κ2) is 8.07. The largest absolute Gasteiger partial charge is 0.497 e. The fourth-order valence-corrected chi connectivity index (χ4v) is 3.78. The number of hydrogen-bond acceptors (Lipinski definition) is 5. The van der Waals surface area contributed by atoms with Crippen LogP contribution in [0.2, 0.25) is 0 Å². The molecular formula is C22H21N3OS. The lowest BCUT2D eigenvalue weighted by atomic mass is 10.1. The lowest BCUT2D eigenvalue weighted by Crippen LogP contribution is -1.97. The number of thiazole rings is 1. The molecule has 1 N–H and O–H groups in total. The van der Waals surface area contributed by atoms with Crippen molar-refractivity contribution in [2.24, 2.45) is 0 Å². The summed E-state index contributed by atoms with van der Waals surface area (Å²) in [5.74, 6) is 0.805. The molecule has 1 heterocycles. The van der Waals surface area contributed by atoms with Gasteiger partial charge >= 0.3 is 0 Å². The molecular weight excluding hydrogens is 354 g/mol. The zero-order chi connectivity index (χ0) is 19.4. The molecule has 0 saturated heterocycles. The monoisotopic (exact) mass is 375 g/mol. The second-order valence-electron chi connectivity index (χ2n) is 6.35. The third-order valence-corrected chi connectivity index (χ3v) is 5.15. The number of aromatic nitrogens is 1. The number of ether oxygens (including phenoxy) is 1. The van der Waals surface area contributed by atoms with Crippen LogP contribution >= 0.6 is 11.3 Å². The lowest BCUT2D eigenvalue weighted by Gasteiger charge is -2.11. The molecule has 0 aliphatic carbocycles. The van der Waals surface area contributed by atoms with Gasteiger partial charge in [-0.2, -0.15) is 5.26 Å².